The molecule has 0 aromatic carbocycles. The lowest BCUT2D eigenvalue weighted by atomic mass is 9.47. The van der Waals surface area contributed by atoms with Crippen molar-refractivity contribution in [3.05, 3.63) is 30.2 Å². The Morgan fingerprint density at radius 3 is 2.87 bits per heavy atom. The zero-order chi connectivity index (χ0) is 26.5. The number of rotatable bonds is 6. The van der Waals surface area contributed by atoms with E-state index >= 15 is 0 Å². The van der Waals surface area contributed by atoms with Crippen LogP contribution in [0.5, 0.6) is 0 Å². The zero-order valence-electron chi connectivity index (χ0n) is 23.7. The van der Waals surface area contributed by atoms with E-state index in [2.05, 4.69) is 47.0 Å². The number of fused-ring (bicyclic) bond motifs is 5. The molecule has 1 unspecified atom stereocenters. The van der Waals surface area contributed by atoms with Gasteiger partial charge in [-0.25, -0.2) is 9.97 Å². The van der Waals surface area contributed by atoms with Crippen molar-refractivity contribution in [2.45, 2.75) is 104 Å². The summed E-state index contributed by atoms with van der Waals surface area (Å²) in [6, 6.07) is 2.16. The molecule has 1 saturated heterocycles. The second kappa shape index (κ2) is 10.2. The van der Waals surface area contributed by atoms with Gasteiger partial charge >= 0.3 is 0 Å². The van der Waals surface area contributed by atoms with E-state index in [4.69, 9.17) is 0 Å². The third kappa shape index (κ3) is 4.59. The molecule has 1 amide bonds. The number of anilines is 1. The minimum absolute atomic E-state index is 0.125. The molecule has 2 heterocycles. The molecule has 1 aromatic rings. The fourth-order valence-electron chi connectivity index (χ4n) is 10.0. The zero-order valence-corrected chi connectivity index (χ0v) is 23.7. The van der Waals surface area contributed by atoms with Crippen molar-refractivity contribution in [2.24, 2.45) is 40.4 Å². The van der Waals surface area contributed by atoms with Crippen LogP contribution in [0.3, 0.4) is 0 Å². The molecule has 4 fully saturated rings. The van der Waals surface area contributed by atoms with E-state index in [1.54, 1.807) is 18.1 Å². The van der Waals surface area contributed by atoms with Crippen LogP contribution in [0.4, 0.5) is 5.82 Å². The van der Waals surface area contributed by atoms with Crippen LogP contribution in [-0.4, -0.2) is 51.1 Å². The van der Waals surface area contributed by atoms with Crippen LogP contribution in [0.2, 0.25) is 0 Å². The maximum atomic E-state index is 13.2. The van der Waals surface area contributed by atoms with Crippen molar-refractivity contribution in [3.63, 3.8) is 0 Å². The van der Waals surface area contributed by atoms with Crippen molar-refractivity contribution in [1.29, 1.82) is 0 Å². The summed E-state index contributed by atoms with van der Waals surface area (Å²) in [5.74, 6) is 4.91. The molecule has 38 heavy (non-hydrogen) atoms. The van der Waals surface area contributed by atoms with Gasteiger partial charge < -0.3 is 15.3 Å². The van der Waals surface area contributed by atoms with Gasteiger partial charge in [0.05, 0.1) is 6.10 Å². The number of aliphatic hydroxyl groups is 1. The fourth-order valence-corrected chi connectivity index (χ4v) is 10.0. The summed E-state index contributed by atoms with van der Waals surface area (Å²) in [6.07, 6.45) is 18.1. The first-order valence-corrected chi connectivity index (χ1v) is 15.5. The first kappa shape index (κ1) is 26.3. The Hall–Kier alpha value is -1.95. The van der Waals surface area contributed by atoms with Gasteiger partial charge in [-0.05, 0) is 111 Å². The van der Waals surface area contributed by atoms with Crippen LogP contribution in [0, 0.1) is 40.4 Å². The molecule has 0 bridgehead atoms. The van der Waals surface area contributed by atoms with Gasteiger partial charge in [0, 0.05) is 31.7 Å². The largest absolute Gasteiger partial charge is 0.393 e. The summed E-state index contributed by atoms with van der Waals surface area (Å²) in [5.41, 5.74) is 2.30. The Morgan fingerprint density at radius 2 is 2.05 bits per heavy atom. The molecule has 6 rings (SSSR count). The average Bonchev–Trinajstić information content (AvgIpc) is 3.52. The van der Waals surface area contributed by atoms with Crippen molar-refractivity contribution in [3.8, 4) is 0 Å². The van der Waals surface area contributed by atoms with Gasteiger partial charge in [0.25, 0.3) is 0 Å². The minimum Gasteiger partial charge on any atom is -0.393 e. The smallest absolute Gasteiger partial charge is 0.222 e. The predicted octanol–water partition coefficient (Wildman–Crippen LogP) is 5.85. The monoisotopic (exact) mass is 520 g/mol. The van der Waals surface area contributed by atoms with Crippen LogP contribution in [0.15, 0.2) is 30.2 Å². The van der Waals surface area contributed by atoms with E-state index in [1.807, 2.05) is 6.07 Å². The van der Waals surface area contributed by atoms with Crippen molar-refractivity contribution in [1.82, 2.24) is 14.9 Å². The number of hydrogen-bond acceptors (Lipinski definition) is 5. The van der Waals surface area contributed by atoms with Gasteiger partial charge in [-0.15, -0.1) is 0 Å². The average molecular weight is 521 g/mol. The molecular weight excluding hydrogens is 472 g/mol. The molecule has 0 radical (unpaired) electrons. The lowest BCUT2D eigenvalue weighted by Gasteiger charge is -2.58. The number of allylic oxidation sites excluding steroid dienone is 1. The summed E-state index contributed by atoms with van der Waals surface area (Å²) in [4.78, 5) is 23.5. The molecule has 208 valence electrons. The highest BCUT2D eigenvalue weighted by Gasteiger charge is 2.59. The number of likely N-dealkylation sites (tertiary alicyclic amines) is 1. The molecule has 1 aliphatic heterocycles. The van der Waals surface area contributed by atoms with Gasteiger partial charge in [-0.3, -0.25) is 4.79 Å². The Morgan fingerprint density at radius 1 is 1.18 bits per heavy atom. The molecular formula is C32H48N4O2. The van der Waals surface area contributed by atoms with E-state index in [1.165, 1.54) is 38.5 Å². The molecule has 6 nitrogen and oxygen atoms in total. The minimum atomic E-state index is -0.125. The van der Waals surface area contributed by atoms with Gasteiger partial charge in [-0.1, -0.05) is 32.4 Å². The fraction of sp³-hybridized carbons (Fsp3) is 0.781. The summed E-state index contributed by atoms with van der Waals surface area (Å²) in [5, 5.41) is 13.8. The Labute approximate surface area is 229 Å². The maximum absolute atomic E-state index is 13.2. The number of nitrogens with zero attached hydrogens (tertiary/aromatic N) is 3. The second-order valence-electron chi connectivity index (χ2n) is 14.0. The standard InChI is InChI=1S/C32H48N4O2/c1-21(4-9-30(38)36-17-13-23(19-36)35-29-12-16-33-20-34-29)26-7-8-27-25-6-5-22-18-24(37)10-14-31(22,2)28(25)11-15-32(26,27)3/h5,12,16,20-21,23-28,37H,4,6-11,13-15,17-19H2,1-3H3,(H,33,34,35)/t21?,23-,24-,25-,26+,27-,28-,31-,32+/m0/s1. The predicted molar refractivity (Wildman–Crippen MR) is 150 cm³/mol. The van der Waals surface area contributed by atoms with Crippen molar-refractivity contribution >= 4 is 11.7 Å². The third-order valence-electron chi connectivity index (χ3n) is 12.1. The molecule has 3 saturated carbocycles. The summed E-state index contributed by atoms with van der Waals surface area (Å²) in [7, 11) is 0. The molecule has 4 aliphatic carbocycles. The number of carbonyl (C=O) groups is 1. The Bertz CT molecular complexity index is 1050. The topological polar surface area (TPSA) is 78.4 Å². The summed E-state index contributed by atoms with van der Waals surface area (Å²) < 4.78 is 0. The van der Waals surface area contributed by atoms with E-state index in [-0.39, 0.29) is 12.1 Å². The van der Waals surface area contributed by atoms with Crippen molar-refractivity contribution in [2.75, 3.05) is 18.4 Å². The first-order chi connectivity index (χ1) is 18.3. The van der Waals surface area contributed by atoms with Crippen molar-refractivity contribution < 1.29 is 9.90 Å². The second-order valence-corrected chi connectivity index (χ2v) is 14.0. The lowest BCUT2D eigenvalue weighted by molar-refractivity contribution is -0.130. The normalized spacial score (nSPS) is 41.1. The number of nitrogens with one attached hydrogen (secondary N) is 1. The molecule has 2 N–H and O–H groups in total. The van der Waals surface area contributed by atoms with Crippen LogP contribution in [0.25, 0.3) is 0 Å². The summed E-state index contributed by atoms with van der Waals surface area (Å²) in [6.45, 7) is 9.18. The molecule has 6 heteroatoms. The number of hydrogen-bond donors (Lipinski definition) is 2. The lowest BCUT2D eigenvalue weighted by Crippen LogP contribution is -2.50. The van der Waals surface area contributed by atoms with E-state index < -0.39 is 0 Å². The molecule has 0 spiro atoms. The molecule has 9 atom stereocenters. The van der Waals surface area contributed by atoms with Gasteiger partial charge in [0.2, 0.25) is 5.91 Å². The van der Waals surface area contributed by atoms with Crippen LogP contribution >= 0.6 is 0 Å². The number of amides is 1. The summed E-state index contributed by atoms with van der Waals surface area (Å²) >= 11 is 0. The van der Waals surface area contributed by atoms with Gasteiger partial charge in [-0.2, -0.15) is 0 Å². The van der Waals surface area contributed by atoms with E-state index in [0.717, 1.165) is 68.3 Å². The number of aliphatic hydroxyl groups excluding tert-OH is 1. The highest BCUT2D eigenvalue weighted by molar-refractivity contribution is 5.76. The van der Waals surface area contributed by atoms with E-state index in [9.17, 15) is 9.90 Å². The van der Waals surface area contributed by atoms with Crippen LogP contribution in [0.1, 0.15) is 91.4 Å². The highest BCUT2D eigenvalue weighted by Crippen LogP contribution is 2.67. The Kier molecular flexibility index (Phi) is 7.07. The van der Waals surface area contributed by atoms with Gasteiger partial charge in [0.1, 0.15) is 12.1 Å². The van der Waals surface area contributed by atoms with E-state index in [0.29, 0.717) is 29.1 Å². The third-order valence-corrected chi connectivity index (χ3v) is 12.1. The SMILES string of the molecule is CC(CCC(=O)N1CC[C@H](Nc2ccncn2)C1)[C@H]1CC[C@H]2[C@@H]3CC=C4C[C@@H](O)CC[C@]4(C)[C@H]3CC[C@]12C. The molecule has 5 aliphatic rings. The quantitative estimate of drug-likeness (QED) is 0.461. The first-order valence-electron chi connectivity index (χ1n) is 15.5. The van der Waals surface area contributed by atoms with Crippen LogP contribution < -0.4 is 5.32 Å². The Balaban J connectivity index is 1.04. The molecule has 1 aromatic heterocycles. The maximum Gasteiger partial charge on any atom is 0.222 e. The van der Waals surface area contributed by atoms with Gasteiger partial charge in [0.15, 0.2) is 0 Å². The number of carbonyl (C=O) groups excluding carboxylic acids is 1. The number of aromatic nitrogens is 2. The highest BCUT2D eigenvalue weighted by atomic mass is 16.3. The van der Waals surface area contributed by atoms with Crippen LogP contribution in [-0.2, 0) is 4.79 Å².